The van der Waals surface area contributed by atoms with E-state index in [1.165, 1.54) is 4.88 Å². The highest BCUT2D eigenvalue weighted by Crippen LogP contribution is 2.07. The lowest BCUT2D eigenvalue weighted by atomic mass is 10.3. The third-order valence-corrected chi connectivity index (χ3v) is 3.23. The van der Waals surface area contributed by atoms with Crippen molar-refractivity contribution >= 4 is 41.3 Å². The molecule has 0 fully saturated rings. The van der Waals surface area contributed by atoms with E-state index in [-0.39, 0.29) is 30.1 Å². The molecule has 1 heterocycles. The average Bonchev–Trinajstić information content (AvgIpc) is 2.81. The predicted octanol–water partition coefficient (Wildman–Crippen LogP) is 2.63. The number of nitrogens with two attached hydrogens (primary N) is 1. The molecule has 0 aliphatic carbocycles. The van der Waals surface area contributed by atoms with Crippen molar-refractivity contribution in [2.75, 3.05) is 19.7 Å². The summed E-state index contributed by atoms with van der Waals surface area (Å²) in [7, 11) is 0. The summed E-state index contributed by atoms with van der Waals surface area (Å²) >= 11 is 1.76. The van der Waals surface area contributed by atoms with Crippen molar-refractivity contribution in [3.05, 3.63) is 22.4 Å². The van der Waals surface area contributed by atoms with Crippen molar-refractivity contribution in [3.8, 4) is 0 Å². The largest absolute Gasteiger partial charge is 0.379 e. The summed E-state index contributed by atoms with van der Waals surface area (Å²) in [5.41, 5.74) is 5.76. The first-order chi connectivity index (χ1) is 8.68. The number of ether oxygens (including phenoxy) is 1. The molecule has 0 atom stereocenters. The molecule has 0 aromatic carbocycles. The lowest BCUT2D eigenvalue weighted by Gasteiger charge is -2.06. The second-order valence-electron chi connectivity index (χ2n) is 4.30. The molecule has 0 radical (unpaired) electrons. The highest BCUT2D eigenvalue weighted by molar-refractivity contribution is 14.0. The van der Waals surface area contributed by atoms with Gasteiger partial charge in [-0.3, -0.25) is 4.99 Å². The number of hydrogen-bond acceptors (Lipinski definition) is 3. The third kappa shape index (κ3) is 10.1. The van der Waals surface area contributed by atoms with Gasteiger partial charge in [-0.1, -0.05) is 6.07 Å². The van der Waals surface area contributed by atoms with Gasteiger partial charge < -0.3 is 15.8 Å². The summed E-state index contributed by atoms with van der Waals surface area (Å²) in [6, 6.07) is 4.19. The van der Waals surface area contributed by atoms with Crippen LogP contribution in [-0.4, -0.2) is 31.8 Å². The van der Waals surface area contributed by atoms with E-state index in [0.29, 0.717) is 12.5 Å². The minimum atomic E-state index is 0. The molecule has 1 aromatic heterocycles. The van der Waals surface area contributed by atoms with Crippen LogP contribution in [0, 0.1) is 0 Å². The van der Waals surface area contributed by atoms with Crippen LogP contribution in [0.4, 0.5) is 0 Å². The molecule has 110 valence electrons. The summed E-state index contributed by atoms with van der Waals surface area (Å²) in [5.74, 6) is 0.524. The maximum Gasteiger partial charge on any atom is 0.188 e. The zero-order valence-corrected chi connectivity index (χ0v) is 14.7. The van der Waals surface area contributed by atoms with Gasteiger partial charge in [0.05, 0.1) is 6.10 Å². The standard InChI is InChI=1S/C13H23N3OS.HI/c1-11(2)17-9-4-7-15-13(14)16-8-6-12-5-3-10-18-12;/h3,5,10-11H,4,6-9H2,1-2H3,(H3,14,15,16);1H. The average molecular weight is 397 g/mol. The summed E-state index contributed by atoms with van der Waals surface area (Å²) in [6.45, 7) is 6.35. The zero-order valence-electron chi connectivity index (χ0n) is 11.6. The highest BCUT2D eigenvalue weighted by Gasteiger charge is 1.95. The van der Waals surface area contributed by atoms with Gasteiger partial charge in [-0.05, 0) is 38.1 Å². The SMILES string of the molecule is CC(C)OCCCN=C(N)NCCc1cccs1.I. The first-order valence-corrected chi connectivity index (χ1v) is 7.24. The number of halogens is 1. The summed E-state index contributed by atoms with van der Waals surface area (Å²) < 4.78 is 5.42. The molecule has 0 amide bonds. The fourth-order valence-corrected chi connectivity index (χ4v) is 2.12. The van der Waals surface area contributed by atoms with Crippen LogP contribution < -0.4 is 11.1 Å². The summed E-state index contributed by atoms with van der Waals surface area (Å²) in [5, 5.41) is 5.20. The number of nitrogens with one attached hydrogen (secondary N) is 1. The molecule has 0 aliphatic heterocycles. The fraction of sp³-hybridized carbons (Fsp3) is 0.615. The lowest BCUT2D eigenvalue weighted by Crippen LogP contribution is -2.33. The maximum atomic E-state index is 5.76. The van der Waals surface area contributed by atoms with E-state index >= 15 is 0 Å². The molecule has 0 spiro atoms. The van der Waals surface area contributed by atoms with Gasteiger partial charge in [0.25, 0.3) is 0 Å². The Labute approximate surface area is 136 Å². The van der Waals surface area contributed by atoms with Crippen LogP contribution in [-0.2, 0) is 11.2 Å². The van der Waals surface area contributed by atoms with Crippen LogP contribution in [0.2, 0.25) is 0 Å². The van der Waals surface area contributed by atoms with Crippen LogP contribution in [0.15, 0.2) is 22.5 Å². The van der Waals surface area contributed by atoms with Crippen molar-refractivity contribution in [1.29, 1.82) is 0 Å². The Balaban J connectivity index is 0.00000324. The van der Waals surface area contributed by atoms with Crippen molar-refractivity contribution < 1.29 is 4.74 Å². The fourth-order valence-electron chi connectivity index (χ4n) is 1.41. The normalized spacial score (nSPS) is 11.4. The smallest absolute Gasteiger partial charge is 0.188 e. The van der Waals surface area contributed by atoms with Gasteiger partial charge in [-0.2, -0.15) is 0 Å². The number of guanidine groups is 1. The van der Waals surface area contributed by atoms with Crippen molar-refractivity contribution in [2.24, 2.45) is 10.7 Å². The summed E-state index contributed by atoms with van der Waals surface area (Å²) in [4.78, 5) is 5.61. The number of hydrogen-bond donors (Lipinski definition) is 2. The van der Waals surface area contributed by atoms with E-state index in [9.17, 15) is 0 Å². The number of aliphatic imine (C=N–C) groups is 1. The molecule has 0 unspecified atom stereocenters. The molecular formula is C13H24IN3OS. The van der Waals surface area contributed by atoms with Gasteiger partial charge in [-0.25, -0.2) is 0 Å². The molecule has 1 aromatic rings. The van der Waals surface area contributed by atoms with Crippen molar-refractivity contribution in [2.45, 2.75) is 32.8 Å². The van der Waals surface area contributed by atoms with Crippen LogP contribution in [0.1, 0.15) is 25.1 Å². The molecular weight excluding hydrogens is 373 g/mol. The second-order valence-corrected chi connectivity index (χ2v) is 5.33. The Kier molecular flexibility index (Phi) is 11.3. The quantitative estimate of drug-likeness (QED) is 0.307. The minimum Gasteiger partial charge on any atom is -0.379 e. The van der Waals surface area contributed by atoms with Crippen LogP contribution in [0.25, 0.3) is 0 Å². The van der Waals surface area contributed by atoms with E-state index in [1.54, 1.807) is 11.3 Å². The molecule has 19 heavy (non-hydrogen) atoms. The Morgan fingerprint density at radius 1 is 1.53 bits per heavy atom. The number of nitrogens with zero attached hydrogens (tertiary/aromatic N) is 1. The molecule has 6 heteroatoms. The van der Waals surface area contributed by atoms with Gasteiger partial charge in [0.15, 0.2) is 5.96 Å². The van der Waals surface area contributed by atoms with Gasteiger partial charge in [0, 0.05) is 24.6 Å². The molecule has 3 N–H and O–H groups in total. The van der Waals surface area contributed by atoms with Gasteiger partial charge in [0.2, 0.25) is 0 Å². The molecule has 0 saturated carbocycles. The molecule has 0 saturated heterocycles. The molecule has 4 nitrogen and oxygen atoms in total. The Bertz CT molecular complexity index is 342. The Hall–Kier alpha value is -0.340. The van der Waals surface area contributed by atoms with Crippen LogP contribution in [0.5, 0.6) is 0 Å². The highest BCUT2D eigenvalue weighted by atomic mass is 127. The number of thiophene rings is 1. The van der Waals surface area contributed by atoms with Gasteiger partial charge >= 0.3 is 0 Å². The molecule has 0 bridgehead atoms. The minimum absolute atomic E-state index is 0. The van der Waals surface area contributed by atoms with Crippen LogP contribution >= 0.6 is 35.3 Å². The van der Waals surface area contributed by atoms with E-state index in [2.05, 4.69) is 27.8 Å². The van der Waals surface area contributed by atoms with Gasteiger partial charge in [-0.15, -0.1) is 35.3 Å². The lowest BCUT2D eigenvalue weighted by molar-refractivity contribution is 0.0783. The van der Waals surface area contributed by atoms with E-state index < -0.39 is 0 Å². The Morgan fingerprint density at radius 2 is 2.32 bits per heavy atom. The monoisotopic (exact) mass is 397 g/mol. The third-order valence-electron chi connectivity index (χ3n) is 2.29. The summed E-state index contributed by atoms with van der Waals surface area (Å²) in [6.07, 6.45) is 2.19. The topological polar surface area (TPSA) is 59.6 Å². The molecule has 0 aliphatic rings. The first-order valence-electron chi connectivity index (χ1n) is 6.36. The Morgan fingerprint density at radius 3 is 2.95 bits per heavy atom. The van der Waals surface area contributed by atoms with E-state index in [0.717, 1.165) is 26.0 Å². The van der Waals surface area contributed by atoms with E-state index in [1.807, 2.05) is 13.8 Å². The maximum absolute atomic E-state index is 5.76. The zero-order chi connectivity index (χ0) is 13.2. The predicted molar refractivity (Wildman–Crippen MR) is 93.6 cm³/mol. The molecule has 1 rings (SSSR count). The first kappa shape index (κ1) is 18.7. The van der Waals surface area contributed by atoms with Crippen molar-refractivity contribution in [1.82, 2.24) is 5.32 Å². The van der Waals surface area contributed by atoms with Crippen LogP contribution in [0.3, 0.4) is 0 Å². The van der Waals surface area contributed by atoms with Crippen molar-refractivity contribution in [3.63, 3.8) is 0 Å². The number of rotatable bonds is 8. The van der Waals surface area contributed by atoms with E-state index in [4.69, 9.17) is 10.5 Å². The second kappa shape index (κ2) is 11.5. The van der Waals surface area contributed by atoms with Gasteiger partial charge in [0.1, 0.15) is 0 Å².